The minimum Gasteiger partial charge on any atom is -0.340 e. The van der Waals surface area contributed by atoms with E-state index in [1.54, 1.807) is 6.07 Å². The first-order valence-electron chi connectivity index (χ1n) is 7.03. The standard InChI is InChI=1S/C15H14F3N3O2/c16-11-3-2-10(13(17)14(11)18)15(23)21-7-1-6-20(8-9-21)12(22)4-5-19/h2-3H,1,4,6-9H2. The van der Waals surface area contributed by atoms with Crippen molar-refractivity contribution in [3.63, 3.8) is 0 Å². The maximum atomic E-state index is 13.7. The first kappa shape index (κ1) is 16.8. The van der Waals surface area contributed by atoms with E-state index in [-0.39, 0.29) is 32.0 Å². The van der Waals surface area contributed by atoms with Gasteiger partial charge < -0.3 is 9.80 Å². The highest BCUT2D eigenvalue weighted by Gasteiger charge is 2.26. The zero-order chi connectivity index (χ0) is 17.0. The second kappa shape index (κ2) is 7.13. The van der Waals surface area contributed by atoms with E-state index in [9.17, 15) is 22.8 Å². The predicted molar refractivity (Wildman–Crippen MR) is 73.6 cm³/mol. The Balaban J connectivity index is 2.11. The molecular weight excluding hydrogens is 311 g/mol. The topological polar surface area (TPSA) is 64.4 Å². The number of hydrogen-bond donors (Lipinski definition) is 0. The molecule has 1 fully saturated rings. The van der Waals surface area contributed by atoms with Crippen LogP contribution in [0.15, 0.2) is 12.1 Å². The summed E-state index contributed by atoms with van der Waals surface area (Å²) in [5.41, 5.74) is -0.541. The molecular formula is C15H14F3N3O2. The number of hydrogen-bond acceptors (Lipinski definition) is 3. The summed E-state index contributed by atoms with van der Waals surface area (Å²) in [6, 6.07) is 3.37. The molecule has 0 aromatic heterocycles. The van der Waals surface area contributed by atoms with Gasteiger partial charge in [-0.15, -0.1) is 0 Å². The molecule has 0 spiro atoms. The Bertz CT molecular complexity index is 673. The number of benzene rings is 1. The van der Waals surface area contributed by atoms with Gasteiger partial charge in [-0.2, -0.15) is 5.26 Å². The Labute approximate surface area is 130 Å². The highest BCUT2D eigenvalue weighted by molar-refractivity contribution is 5.94. The SMILES string of the molecule is N#CCC(=O)N1CCCN(C(=O)c2ccc(F)c(F)c2F)CC1. The Kier molecular flexibility index (Phi) is 5.21. The highest BCUT2D eigenvalue weighted by Crippen LogP contribution is 2.18. The van der Waals surface area contributed by atoms with Crippen molar-refractivity contribution in [1.29, 1.82) is 5.26 Å². The van der Waals surface area contributed by atoms with Crippen molar-refractivity contribution >= 4 is 11.8 Å². The minimum atomic E-state index is -1.68. The fourth-order valence-corrected chi connectivity index (χ4v) is 2.41. The lowest BCUT2D eigenvalue weighted by molar-refractivity contribution is -0.130. The van der Waals surface area contributed by atoms with Gasteiger partial charge in [-0.3, -0.25) is 9.59 Å². The highest BCUT2D eigenvalue weighted by atomic mass is 19.2. The van der Waals surface area contributed by atoms with Gasteiger partial charge in [0.2, 0.25) is 5.91 Å². The molecule has 8 heteroatoms. The first-order chi connectivity index (χ1) is 11.0. The molecule has 0 unspecified atom stereocenters. The van der Waals surface area contributed by atoms with Crippen LogP contribution in [0.5, 0.6) is 0 Å². The summed E-state index contributed by atoms with van der Waals surface area (Å²) in [7, 11) is 0. The lowest BCUT2D eigenvalue weighted by Crippen LogP contribution is -2.37. The Morgan fingerprint density at radius 2 is 1.70 bits per heavy atom. The summed E-state index contributed by atoms with van der Waals surface area (Å²) in [4.78, 5) is 26.7. The third-order valence-electron chi connectivity index (χ3n) is 3.63. The maximum Gasteiger partial charge on any atom is 0.257 e. The molecule has 1 aromatic carbocycles. The molecule has 5 nitrogen and oxygen atoms in total. The number of carbonyl (C=O) groups excluding carboxylic acids is 2. The van der Waals surface area contributed by atoms with Gasteiger partial charge in [-0.05, 0) is 18.6 Å². The molecule has 2 rings (SSSR count). The van der Waals surface area contributed by atoms with E-state index in [4.69, 9.17) is 5.26 Å². The van der Waals surface area contributed by atoms with Gasteiger partial charge in [-0.25, -0.2) is 13.2 Å². The molecule has 1 saturated heterocycles. The van der Waals surface area contributed by atoms with Crippen molar-refractivity contribution in [2.24, 2.45) is 0 Å². The summed E-state index contributed by atoms with van der Waals surface area (Å²) < 4.78 is 39.9. The van der Waals surface area contributed by atoms with Gasteiger partial charge in [0.1, 0.15) is 6.42 Å². The first-order valence-corrected chi connectivity index (χ1v) is 7.03. The van der Waals surface area contributed by atoms with E-state index in [1.807, 2.05) is 0 Å². The summed E-state index contributed by atoms with van der Waals surface area (Å²) >= 11 is 0. The molecule has 0 saturated carbocycles. The number of halogens is 3. The summed E-state index contributed by atoms with van der Waals surface area (Å²) in [5.74, 6) is -5.65. The van der Waals surface area contributed by atoms with E-state index < -0.39 is 28.9 Å². The molecule has 2 amide bonds. The number of carbonyl (C=O) groups is 2. The van der Waals surface area contributed by atoms with Gasteiger partial charge in [0.25, 0.3) is 5.91 Å². The number of nitrogens with zero attached hydrogens (tertiary/aromatic N) is 3. The molecule has 0 bridgehead atoms. The second-order valence-electron chi connectivity index (χ2n) is 5.08. The lowest BCUT2D eigenvalue weighted by atomic mass is 10.1. The fraction of sp³-hybridized carbons (Fsp3) is 0.400. The third kappa shape index (κ3) is 3.62. The van der Waals surface area contributed by atoms with Crippen molar-refractivity contribution < 1.29 is 22.8 Å². The average Bonchev–Trinajstić information content (AvgIpc) is 2.78. The van der Waals surface area contributed by atoms with Crippen LogP contribution in [0.1, 0.15) is 23.2 Å². The summed E-state index contributed by atoms with van der Waals surface area (Å²) in [6.07, 6.45) is 0.208. The van der Waals surface area contributed by atoms with Crippen LogP contribution >= 0.6 is 0 Å². The molecule has 23 heavy (non-hydrogen) atoms. The van der Waals surface area contributed by atoms with Crippen LogP contribution in [0.2, 0.25) is 0 Å². The smallest absolute Gasteiger partial charge is 0.257 e. The molecule has 122 valence electrons. The normalized spacial score (nSPS) is 15.0. The van der Waals surface area contributed by atoms with E-state index in [0.29, 0.717) is 19.0 Å². The van der Waals surface area contributed by atoms with E-state index in [0.717, 1.165) is 6.07 Å². The van der Waals surface area contributed by atoms with Gasteiger partial charge >= 0.3 is 0 Å². The van der Waals surface area contributed by atoms with Crippen LogP contribution in [0, 0.1) is 28.8 Å². The predicted octanol–water partition coefficient (Wildman–Crippen LogP) is 1.69. The zero-order valence-corrected chi connectivity index (χ0v) is 12.2. The fourth-order valence-electron chi connectivity index (χ4n) is 2.41. The molecule has 1 aromatic rings. The molecule has 0 N–H and O–H groups in total. The van der Waals surface area contributed by atoms with Crippen molar-refractivity contribution in [3.8, 4) is 6.07 Å². The lowest BCUT2D eigenvalue weighted by Gasteiger charge is -2.22. The number of amides is 2. The monoisotopic (exact) mass is 325 g/mol. The van der Waals surface area contributed by atoms with Crippen molar-refractivity contribution in [1.82, 2.24) is 9.80 Å². The number of nitriles is 1. The van der Waals surface area contributed by atoms with Gasteiger partial charge in [0, 0.05) is 26.2 Å². The quantitative estimate of drug-likeness (QED) is 0.777. The van der Waals surface area contributed by atoms with Crippen molar-refractivity contribution in [3.05, 3.63) is 35.1 Å². The van der Waals surface area contributed by atoms with E-state index in [1.165, 1.54) is 9.80 Å². The summed E-state index contributed by atoms with van der Waals surface area (Å²) in [6.45, 7) is 0.976. The zero-order valence-electron chi connectivity index (χ0n) is 12.2. The molecule has 1 aliphatic heterocycles. The molecule has 0 atom stereocenters. The Hall–Kier alpha value is -2.56. The van der Waals surface area contributed by atoms with E-state index >= 15 is 0 Å². The van der Waals surface area contributed by atoms with Crippen LogP contribution in [-0.4, -0.2) is 47.8 Å². The summed E-state index contributed by atoms with van der Waals surface area (Å²) in [5, 5.41) is 8.54. The molecule has 1 heterocycles. The second-order valence-corrected chi connectivity index (χ2v) is 5.08. The maximum absolute atomic E-state index is 13.7. The van der Waals surface area contributed by atoms with Gasteiger partial charge in [-0.1, -0.05) is 0 Å². The molecule has 1 aliphatic rings. The molecule has 0 aliphatic carbocycles. The largest absolute Gasteiger partial charge is 0.340 e. The van der Waals surface area contributed by atoms with Crippen LogP contribution in [-0.2, 0) is 4.79 Å². The average molecular weight is 325 g/mol. The van der Waals surface area contributed by atoms with Crippen molar-refractivity contribution in [2.45, 2.75) is 12.8 Å². The van der Waals surface area contributed by atoms with Crippen molar-refractivity contribution in [2.75, 3.05) is 26.2 Å². The Morgan fingerprint density at radius 1 is 1.04 bits per heavy atom. The van der Waals surface area contributed by atoms with Gasteiger partial charge in [0.15, 0.2) is 17.5 Å². The van der Waals surface area contributed by atoms with Crippen LogP contribution < -0.4 is 0 Å². The number of rotatable bonds is 2. The molecule has 0 radical (unpaired) electrons. The van der Waals surface area contributed by atoms with Crippen LogP contribution in [0.3, 0.4) is 0 Å². The third-order valence-corrected chi connectivity index (χ3v) is 3.63. The van der Waals surface area contributed by atoms with Crippen LogP contribution in [0.25, 0.3) is 0 Å². The minimum absolute atomic E-state index is 0.133. The van der Waals surface area contributed by atoms with Crippen LogP contribution in [0.4, 0.5) is 13.2 Å². The van der Waals surface area contributed by atoms with E-state index in [2.05, 4.69) is 0 Å². The Morgan fingerprint density at radius 3 is 2.39 bits per heavy atom. The van der Waals surface area contributed by atoms with Gasteiger partial charge in [0.05, 0.1) is 11.6 Å².